The Morgan fingerprint density at radius 1 is 0.250 bits per heavy atom. The minimum absolute atomic E-state index is 0.541. The molecule has 0 saturated carbocycles. The number of hydrogen-bond acceptors (Lipinski definition) is 5. The normalized spacial score (nSPS) is 11.5. The van der Waals surface area contributed by atoms with Crippen molar-refractivity contribution in [2.45, 2.75) is 0 Å². The fourth-order valence-electron chi connectivity index (χ4n) is 9.58. The molecule has 68 heavy (non-hydrogen) atoms. The summed E-state index contributed by atoms with van der Waals surface area (Å²) in [6, 6.07) is 82.1. The van der Waals surface area contributed by atoms with Gasteiger partial charge in [-0.1, -0.05) is 206 Å². The lowest BCUT2D eigenvalue weighted by Gasteiger charge is -2.14. The van der Waals surface area contributed by atoms with Crippen LogP contribution in [0.5, 0.6) is 0 Å². The zero-order chi connectivity index (χ0) is 45.0. The summed E-state index contributed by atoms with van der Waals surface area (Å²) in [4.78, 5) is 26.0. The first-order chi connectivity index (χ1) is 33.7. The molecule has 0 aliphatic heterocycles. The molecule has 318 valence electrons. The van der Waals surface area contributed by atoms with E-state index in [1.165, 1.54) is 0 Å². The van der Waals surface area contributed by atoms with Crippen molar-refractivity contribution in [3.63, 3.8) is 0 Å². The molecule has 0 unspecified atom stereocenters. The Kier molecular flexibility index (Phi) is 9.35. The molecule has 0 atom stereocenters. The quantitative estimate of drug-likeness (QED) is 0.152. The van der Waals surface area contributed by atoms with E-state index >= 15 is 0 Å². The van der Waals surface area contributed by atoms with Crippen molar-refractivity contribution in [1.29, 1.82) is 0 Å². The number of rotatable bonds is 8. The summed E-state index contributed by atoms with van der Waals surface area (Å²) in [5.41, 5.74) is 14.0. The van der Waals surface area contributed by atoms with Crippen LogP contribution in [0, 0.1) is 0 Å². The van der Waals surface area contributed by atoms with Crippen molar-refractivity contribution >= 4 is 43.6 Å². The topological polar surface area (TPSA) is 74.3 Å². The molecule has 0 fully saturated rings. The van der Waals surface area contributed by atoms with Gasteiger partial charge in [0.15, 0.2) is 17.5 Å². The van der Waals surface area contributed by atoms with Crippen LogP contribution in [0.15, 0.2) is 237 Å². The van der Waals surface area contributed by atoms with Crippen LogP contribution in [0.2, 0.25) is 0 Å². The van der Waals surface area contributed by atoms with Crippen molar-refractivity contribution in [3.8, 4) is 79.4 Å². The molecule has 0 amide bonds. The Balaban J connectivity index is 1.03. The van der Waals surface area contributed by atoms with Gasteiger partial charge in [0.1, 0.15) is 0 Å². The van der Waals surface area contributed by atoms with Crippen LogP contribution >= 0.6 is 0 Å². The van der Waals surface area contributed by atoms with E-state index in [0.717, 1.165) is 99.6 Å². The van der Waals surface area contributed by atoms with E-state index in [1.54, 1.807) is 0 Å². The summed E-state index contributed by atoms with van der Waals surface area (Å²) in [6.45, 7) is 0. The average molecular weight is 870 g/mol. The van der Waals surface area contributed by atoms with Crippen LogP contribution < -0.4 is 0 Å². The van der Waals surface area contributed by atoms with Crippen molar-refractivity contribution in [3.05, 3.63) is 237 Å². The molecule has 0 radical (unpaired) electrons. The van der Waals surface area contributed by atoms with Crippen LogP contribution in [-0.4, -0.2) is 34.1 Å². The molecule has 9 aromatic carbocycles. The van der Waals surface area contributed by atoms with E-state index in [0.29, 0.717) is 23.4 Å². The maximum atomic E-state index is 5.36. The Hall–Kier alpha value is -9.33. The highest BCUT2D eigenvalue weighted by molar-refractivity contribution is 6.23. The summed E-state index contributed by atoms with van der Waals surface area (Å²) in [5.74, 6) is 2.42. The highest BCUT2D eigenvalue weighted by Gasteiger charge is 2.24. The first-order valence-electron chi connectivity index (χ1n) is 22.8. The lowest BCUT2D eigenvalue weighted by atomic mass is 10.0. The van der Waals surface area contributed by atoms with Crippen molar-refractivity contribution in [2.75, 3.05) is 0 Å². The molecule has 13 aromatic rings. The van der Waals surface area contributed by atoms with Crippen molar-refractivity contribution in [1.82, 2.24) is 34.1 Å². The summed E-state index contributed by atoms with van der Waals surface area (Å²) in [5, 5.41) is 4.50. The predicted molar refractivity (Wildman–Crippen MR) is 277 cm³/mol. The largest absolute Gasteiger partial charge is 0.307 e. The molecule has 0 saturated heterocycles. The number of nitrogens with zero attached hydrogens (tertiary/aromatic N) is 7. The third kappa shape index (κ3) is 6.72. The number of aromatic nitrogens is 7. The summed E-state index contributed by atoms with van der Waals surface area (Å²) in [7, 11) is 0. The van der Waals surface area contributed by atoms with Gasteiger partial charge in [-0.25, -0.2) is 15.0 Å². The third-order valence-electron chi connectivity index (χ3n) is 12.8. The summed E-state index contributed by atoms with van der Waals surface area (Å²) < 4.78 is 4.63. The summed E-state index contributed by atoms with van der Waals surface area (Å²) >= 11 is 0. The highest BCUT2D eigenvalue weighted by Crippen LogP contribution is 2.42. The third-order valence-corrected chi connectivity index (χ3v) is 12.8. The molecule has 0 spiro atoms. The molecule has 0 aliphatic rings. The highest BCUT2D eigenvalue weighted by atomic mass is 15.2. The smallest absolute Gasteiger partial charge is 0.238 e. The minimum Gasteiger partial charge on any atom is -0.307 e. The van der Waals surface area contributed by atoms with Gasteiger partial charge in [0.2, 0.25) is 5.95 Å². The van der Waals surface area contributed by atoms with Crippen LogP contribution in [0.1, 0.15) is 0 Å². The zero-order valence-electron chi connectivity index (χ0n) is 36.6. The number of benzene rings is 9. The van der Waals surface area contributed by atoms with E-state index in [2.05, 4.69) is 185 Å². The van der Waals surface area contributed by atoms with Crippen molar-refractivity contribution in [2.24, 2.45) is 0 Å². The number of hydrogen-bond donors (Lipinski definition) is 0. The Labute approximate surface area is 392 Å². The molecular formula is C61H39N7. The maximum Gasteiger partial charge on any atom is 0.238 e. The molecule has 0 N–H and O–H groups in total. The molecule has 7 nitrogen and oxygen atoms in total. The Morgan fingerprint density at radius 3 is 1.16 bits per heavy atom. The van der Waals surface area contributed by atoms with Crippen LogP contribution in [0.3, 0.4) is 0 Å². The van der Waals surface area contributed by atoms with Crippen LogP contribution in [0.4, 0.5) is 0 Å². The van der Waals surface area contributed by atoms with E-state index < -0.39 is 0 Å². The second-order valence-corrected chi connectivity index (χ2v) is 16.9. The molecule has 4 heterocycles. The standard InChI is InChI=1S/C61H39N7/c1-5-17-40(18-6-1)41-29-31-46(32-30-41)60-64-59(45-23-11-4-12-24-45)65-61(66-60)68-55-28-16-14-26-49(55)51-38-37-50-48-25-13-15-27-54(48)67(56(50)57(51)68)47-35-33-43(34-36-47)53-39-52(42-19-7-2-8-20-42)62-58(63-53)44-21-9-3-10-22-44/h1-39H. The van der Waals surface area contributed by atoms with Gasteiger partial charge in [-0.3, -0.25) is 4.57 Å². The van der Waals surface area contributed by atoms with Gasteiger partial charge in [-0.15, -0.1) is 0 Å². The van der Waals surface area contributed by atoms with E-state index in [1.807, 2.05) is 60.7 Å². The first kappa shape index (κ1) is 39.1. The van der Waals surface area contributed by atoms with Gasteiger partial charge in [-0.05, 0) is 41.5 Å². The molecule has 13 rings (SSSR count). The minimum atomic E-state index is 0.541. The maximum absolute atomic E-state index is 5.36. The fourth-order valence-corrected chi connectivity index (χ4v) is 9.58. The van der Waals surface area contributed by atoms with E-state index in [-0.39, 0.29) is 0 Å². The van der Waals surface area contributed by atoms with Gasteiger partial charge in [-0.2, -0.15) is 9.97 Å². The molecule has 4 aromatic heterocycles. The molecule has 0 bridgehead atoms. The second kappa shape index (κ2) is 16.3. The monoisotopic (exact) mass is 869 g/mol. The van der Waals surface area contributed by atoms with E-state index in [4.69, 9.17) is 24.9 Å². The van der Waals surface area contributed by atoms with Gasteiger partial charge >= 0.3 is 0 Å². The molecular weight excluding hydrogens is 831 g/mol. The van der Waals surface area contributed by atoms with Crippen LogP contribution in [0.25, 0.3) is 123 Å². The fraction of sp³-hybridized carbons (Fsp3) is 0. The predicted octanol–water partition coefficient (Wildman–Crippen LogP) is 14.9. The van der Waals surface area contributed by atoms with Gasteiger partial charge in [0, 0.05) is 55.0 Å². The zero-order valence-corrected chi connectivity index (χ0v) is 36.6. The number of para-hydroxylation sites is 2. The van der Waals surface area contributed by atoms with Gasteiger partial charge in [0.25, 0.3) is 0 Å². The lowest BCUT2D eigenvalue weighted by molar-refractivity contribution is 0.953. The Bertz CT molecular complexity index is 3920. The SMILES string of the molecule is c1ccc(-c2ccc(-c3nc(-c4ccccc4)nc(-n4c5ccccc5c5ccc6c7ccccc7n(-c7ccc(-c8cc(-c9ccccc9)nc(-c9ccccc9)n8)cc7)c6c54)n3)cc2)cc1. The second-order valence-electron chi connectivity index (χ2n) is 16.9. The molecule has 0 aliphatic carbocycles. The van der Waals surface area contributed by atoms with Crippen molar-refractivity contribution < 1.29 is 0 Å². The summed E-state index contributed by atoms with van der Waals surface area (Å²) in [6.07, 6.45) is 0. The molecule has 7 heteroatoms. The lowest BCUT2D eigenvalue weighted by Crippen LogP contribution is -2.07. The first-order valence-corrected chi connectivity index (χ1v) is 22.8. The van der Waals surface area contributed by atoms with Crippen LogP contribution in [-0.2, 0) is 0 Å². The van der Waals surface area contributed by atoms with E-state index in [9.17, 15) is 0 Å². The van der Waals surface area contributed by atoms with Gasteiger partial charge in [0.05, 0.1) is 33.5 Å². The van der Waals surface area contributed by atoms with Gasteiger partial charge < -0.3 is 4.57 Å². The average Bonchev–Trinajstić information content (AvgIpc) is 3.95. The number of fused-ring (bicyclic) bond motifs is 7. The Morgan fingerprint density at radius 2 is 0.618 bits per heavy atom.